The molecule has 6 nitrogen and oxygen atoms in total. The molecular weight excluding hydrogens is 374 g/mol. The van der Waals surface area contributed by atoms with E-state index in [0.29, 0.717) is 31.9 Å². The lowest BCUT2D eigenvalue weighted by Gasteiger charge is -2.34. The zero-order chi connectivity index (χ0) is 16.9. The second-order valence-electron chi connectivity index (χ2n) is 5.51. The number of rotatable bonds is 4. The van der Waals surface area contributed by atoms with Crippen molar-refractivity contribution < 1.29 is 14.0 Å². The highest BCUT2D eigenvalue weighted by atomic mass is 79.9. The van der Waals surface area contributed by atoms with Crippen molar-refractivity contribution in [1.82, 2.24) is 9.80 Å². The third kappa shape index (κ3) is 3.97. The lowest BCUT2D eigenvalue weighted by Crippen LogP contribution is -2.51. The Bertz CT molecular complexity index is 692. The summed E-state index contributed by atoms with van der Waals surface area (Å²) in [5, 5.41) is 3.12. The van der Waals surface area contributed by atoms with Crippen molar-refractivity contribution in [2.45, 2.75) is 0 Å². The van der Waals surface area contributed by atoms with Gasteiger partial charge in [-0.25, -0.2) is 0 Å². The van der Waals surface area contributed by atoms with Crippen LogP contribution in [0.2, 0.25) is 0 Å². The number of nitrogens with one attached hydrogen (secondary N) is 1. The highest BCUT2D eigenvalue weighted by molar-refractivity contribution is 9.10. The van der Waals surface area contributed by atoms with Crippen molar-refractivity contribution in [1.29, 1.82) is 0 Å². The van der Waals surface area contributed by atoms with Crippen LogP contribution in [-0.2, 0) is 4.79 Å². The second kappa shape index (κ2) is 7.53. The Balaban J connectivity index is 1.46. The first kappa shape index (κ1) is 16.6. The monoisotopic (exact) mass is 391 g/mol. The molecule has 0 saturated carbocycles. The van der Waals surface area contributed by atoms with Crippen molar-refractivity contribution >= 4 is 33.4 Å². The number of benzene rings is 1. The summed E-state index contributed by atoms with van der Waals surface area (Å²) in [6.45, 7) is 2.35. The number of furan rings is 1. The topological polar surface area (TPSA) is 65.8 Å². The fourth-order valence-electron chi connectivity index (χ4n) is 2.57. The van der Waals surface area contributed by atoms with Crippen LogP contribution in [0.1, 0.15) is 10.6 Å². The zero-order valence-corrected chi connectivity index (χ0v) is 14.7. The summed E-state index contributed by atoms with van der Waals surface area (Å²) >= 11 is 3.38. The molecule has 0 atom stereocenters. The van der Waals surface area contributed by atoms with Gasteiger partial charge in [0.25, 0.3) is 5.91 Å². The van der Waals surface area contributed by atoms with Gasteiger partial charge in [-0.15, -0.1) is 0 Å². The van der Waals surface area contributed by atoms with E-state index in [4.69, 9.17) is 4.42 Å². The quantitative estimate of drug-likeness (QED) is 0.868. The summed E-state index contributed by atoms with van der Waals surface area (Å²) in [5.41, 5.74) is 0.901. The van der Waals surface area contributed by atoms with Crippen molar-refractivity contribution in [2.75, 3.05) is 38.0 Å². The number of amides is 2. The molecule has 1 N–H and O–H groups in total. The molecular formula is C17H18BrN3O3. The van der Waals surface area contributed by atoms with Crippen LogP contribution < -0.4 is 5.32 Å². The number of halogens is 1. The predicted octanol–water partition coefficient (Wildman–Crippen LogP) is 2.44. The molecule has 1 aliphatic heterocycles. The maximum Gasteiger partial charge on any atom is 0.289 e. The number of anilines is 1. The summed E-state index contributed by atoms with van der Waals surface area (Å²) in [6.07, 6.45) is 1.49. The molecule has 1 fully saturated rings. The molecule has 0 spiro atoms. The number of piperazine rings is 1. The standard InChI is InChI=1S/C17H18BrN3O3/c18-13-3-5-14(6-4-13)19-12-16(22)20-7-9-21(10-8-20)17(23)15-2-1-11-24-15/h1-6,11,19H,7-10,12H2. The van der Waals surface area contributed by atoms with Gasteiger partial charge in [0, 0.05) is 36.3 Å². The summed E-state index contributed by atoms with van der Waals surface area (Å²) in [7, 11) is 0. The van der Waals surface area contributed by atoms with E-state index in [1.807, 2.05) is 24.3 Å². The van der Waals surface area contributed by atoms with E-state index in [0.717, 1.165) is 10.2 Å². The van der Waals surface area contributed by atoms with Crippen LogP contribution in [0.15, 0.2) is 51.6 Å². The average Bonchev–Trinajstić information content (AvgIpc) is 3.15. The third-order valence-electron chi connectivity index (χ3n) is 3.94. The first-order valence-corrected chi connectivity index (χ1v) is 8.53. The molecule has 0 unspecified atom stereocenters. The van der Waals surface area contributed by atoms with Gasteiger partial charge in [-0.3, -0.25) is 9.59 Å². The Hall–Kier alpha value is -2.28. The lowest BCUT2D eigenvalue weighted by atomic mass is 10.2. The van der Waals surface area contributed by atoms with Gasteiger partial charge in [-0.05, 0) is 36.4 Å². The molecule has 126 valence electrons. The van der Waals surface area contributed by atoms with E-state index in [1.54, 1.807) is 21.9 Å². The van der Waals surface area contributed by atoms with Crippen LogP contribution in [-0.4, -0.2) is 54.3 Å². The largest absolute Gasteiger partial charge is 0.459 e. The van der Waals surface area contributed by atoms with Gasteiger partial charge in [0.1, 0.15) is 0 Å². The Kier molecular flexibility index (Phi) is 5.20. The van der Waals surface area contributed by atoms with Crippen molar-refractivity contribution in [3.8, 4) is 0 Å². The summed E-state index contributed by atoms with van der Waals surface area (Å²) in [4.78, 5) is 28.0. The first-order valence-electron chi connectivity index (χ1n) is 7.73. The molecule has 3 rings (SSSR count). The zero-order valence-electron chi connectivity index (χ0n) is 13.1. The molecule has 0 aliphatic carbocycles. The molecule has 24 heavy (non-hydrogen) atoms. The smallest absolute Gasteiger partial charge is 0.289 e. The molecule has 2 amide bonds. The third-order valence-corrected chi connectivity index (χ3v) is 4.47. The van der Waals surface area contributed by atoms with Gasteiger partial charge in [0.2, 0.25) is 5.91 Å². The molecule has 1 saturated heterocycles. The molecule has 2 heterocycles. The van der Waals surface area contributed by atoms with Crippen LogP contribution in [0.25, 0.3) is 0 Å². The van der Waals surface area contributed by atoms with E-state index < -0.39 is 0 Å². The van der Waals surface area contributed by atoms with Gasteiger partial charge in [-0.2, -0.15) is 0 Å². The number of nitrogens with zero attached hydrogens (tertiary/aromatic N) is 2. The van der Waals surface area contributed by atoms with E-state index >= 15 is 0 Å². The summed E-state index contributed by atoms with van der Waals surface area (Å²) in [5.74, 6) is 0.245. The Morgan fingerprint density at radius 2 is 1.71 bits per heavy atom. The van der Waals surface area contributed by atoms with Gasteiger partial charge in [-0.1, -0.05) is 15.9 Å². The van der Waals surface area contributed by atoms with E-state index in [1.165, 1.54) is 6.26 Å². The van der Waals surface area contributed by atoms with E-state index in [9.17, 15) is 9.59 Å². The molecule has 0 bridgehead atoms. The summed E-state index contributed by atoms with van der Waals surface area (Å²) < 4.78 is 6.13. The van der Waals surface area contributed by atoms with Gasteiger partial charge >= 0.3 is 0 Å². The van der Waals surface area contributed by atoms with Crippen LogP contribution >= 0.6 is 15.9 Å². The molecule has 1 aliphatic rings. The minimum absolute atomic E-state index is 0.0306. The Labute approximate surface area is 148 Å². The molecule has 1 aromatic heterocycles. The van der Waals surface area contributed by atoms with Crippen molar-refractivity contribution in [3.05, 3.63) is 52.9 Å². The average molecular weight is 392 g/mol. The fourth-order valence-corrected chi connectivity index (χ4v) is 2.84. The maximum absolute atomic E-state index is 12.3. The van der Waals surface area contributed by atoms with E-state index in [-0.39, 0.29) is 18.4 Å². The van der Waals surface area contributed by atoms with E-state index in [2.05, 4.69) is 21.2 Å². The predicted molar refractivity (Wildman–Crippen MR) is 93.8 cm³/mol. The van der Waals surface area contributed by atoms with Crippen LogP contribution in [0, 0.1) is 0 Å². The van der Waals surface area contributed by atoms with Gasteiger partial charge < -0.3 is 19.5 Å². The highest BCUT2D eigenvalue weighted by Gasteiger charge is 2.25. The Morgan fingerprint density at radius 3 is 2.33 bits per heavy atom. The lowest BCUT2D eigenvalue weighted by molar-refractivity contribution is -0.130. The molecule has 1 aromatic carbocycles. The minimum Gasteiger partial charge on any atom is -0.459 e. The summed E-state index contributed by atoms with van der Waals surface area (Å²) in [6, 6.07) is 11.0. The highest BCUT2D eigenvalue weighted by Crippen LogP contribution is 2.14. The van der Waals surface area contributed by atoms with Gasteiger partial charge in [0.05, 0.1) is 12.8 Å². The van der Waals surface area contributed by atoms with Crippen LogP contribution in [0.4, 0.5) is 5.69 Å². The normalized spacial score (nSPS) is 14.5. The fraction of sp³-hybridized carbons (Fsp3) is 0.294. The number of carbonyl (C=O) groups is 2. The first-order chi connectivity index (χ1) is 11.6. The van der Waals surface area contributed by atoms with Crippen molar-refractivity contribution in [3.63, 3.8) is 0 Å². The van der Waals surface area contributed by atoms with Crippen LogP contribution in [0.3, 0.4) is 0 Å². The SMILES string of the molecule is O=C(CNc1ccc(Br)cc1)N1CCN(C(=O)c2ccco2)CC1. The number of carbonyl (C=O) groups excluding carboxylic acids is 2. The van der Waals surface area contributed by atoms with Gasteiger partial charge in [0.15, 0.2) is 5.76 Å². The van der Waals surface area contributed by atoms with Crippen molar-refractivity contribution in [2.24, 2.45) is 0 Å². The molecule has 7 heteroatoms. The molecule has 2 aromatic rings. The number of hydrogen-bond acceptors (Lipinski definition) is 4. The molecule has 0 radical (unpaired) electrons. The van der Waals surface area contributed by atoms with Crippen LogP contribution in [0.5, 0.6) is 0 Å². The second-order valence-corrected chi connectivity index (χ2v) is 6.43. The number of hydrogen-bond donors (Lipinski definition) is 1. The minimum atomic E-state index is -0.125. The Morgan fingerprint density at radius 1 is 1.04 bits per heavy atom. The maximum atomic E-state index is 12.3.